The zero-order chi connectivity index (χ0) is 9.97. The molecule has 2 fully saturated rings. The van der Waals surface area contributed by atoms with Gasteiger partial charge in [-0.25, -0.2) is 0 Å². The van der Waals surface area contributed by atoms with Gasteiger partial charge in [-0.15, -0.1) is 0 Å². The Labute approximate surface area is 84.4 Å². The van der Waals surface area contributed by atoms with Crippen molar-refractivity contribution in [1.82, 2.24) is 10.6 Å². The highest BCUT2D eigenvalue weighted by Crippen LogP contribution is 2.16. The quantitative estimate of drug-likeness (QED) is 0.643. The summed E-state index contributed by atoms with van der Waals surface area (Å²) in [5, 5.41) is 6.28. The lowest BCUT2D eigenvalue weighted by Crippen LogP contribution is -2.41. The van der Waals surface area contributed by atoms with E-state index in [9.17, 15) is 4.79 Å². The summed E-state index contributed by atoms with van der Waals surface area (Å²) in [5.41, 5.74) is 0. The molecule has 14 heavy (non-hydrogen) atoms. The van der Waals surface area contributed by atoms with Crippen molar-refractivity contribution >= 4 is 5.91 Å². The topological polar surface area (TPSA) is 50.4 Å². The average molecular weight is 198 g/mol. The van der Waals surface area contributed by atoms with Gasteiger partial charge in [0, 0.05) is 13.2 Å². The molecule has 0 aliphatic carbocycles. The molecule has 2 aliphatic heterocycles. The molecule has 0 aromatic heterocycles. The van der Waals surface area contributed by atoms with E-state index in [0.717, 1.165) is 26.1 Å². The molecule has 1 amide bonds. The largest absolute Gasteiger partial charge is 0.379 e. The molecule has 0 saturated carbocycles. The average Bonchev–Trinajstić information content (AvgIpc) is 2.75. The lowest BCUT2D eigenvalue weighted by atomic mass is 9.97. The second-order valence-corrected chi connectivity index (χ2v) is 4.31. The molecule has 0 aromatic rings. The molecule has 1 unspecified atom stereocenters. The smallest absolute Gasteiger partial charge is 0.225 e. The Kier molecular flexibility index (Phi) is 3.03. The monoisotopic (exact) mass is 198 g/mol. The van der Waals surface area contributed by atoms with Crippen LogP contribution in [0.1, 0.15) is 13.3 Å². The van der Waals surface area contributed by atoms with Gasteiger partial charge >= 0.3 is 0 Å². The van der Waals surface area contributed by atoms with Gasteiger partial charge in [-0.2, -0.15) is 0 Å². The first kappa shape index (κ1) is 9.93. The fourth-order valence-electron chi connectivity index (χ4n) is 2.12. The first-order valence-electron chi connectivity index (χ1n) is 5.36. The van der Waals surface area contributed by atoms with Gasteiger partial charge in [-0.05, 0) is 18.9 Å². The number of hydrogen-bond donors (Lipinski definition) is 2. The van der Waals surface area contributed by atoms with E-state index in [0.29, 0.717) is 12.5 Å². The predicted molar refractivity (Wildman–Crippen MR) is 52.9 cm³/mol. The van der Waals surface area contributed by atoms with E-state index in [4.69, 9.17) is 4.74 Å². The van der Waals surface area contributed by atoms with Crippen LogP contribution in [-0.4, -0.2) is 38.3 Å². The summed E-state index contributed by atoms with van der Waals surface area (Å²) < 4.78 is 5.22. The molecule has 4 nitrogen and oxygen atoms in total. The number of carbonyl (C=O) groups excluding carboxylic acids is 1. The first-order valence-corrected chi connectivity index (χ1v) is 5.36. The van der Waals surface area contributed by atoms with Crippen LogP contribution in [0.2, 0.25) is 0 Å². The highest BCUT2D eigenvalue weighted by Gasteiger charge is 2.31. The van der Waals surface area contributed by atoms with Gasteiger partial charge < -0.3 is 15.4 Å². The van der Waals surface area contributed by atoms with E-state index < -0.39 is 0 Å². The maximum Gasteiger partial charge on any atom is 0.225 e. The molecule has 2 aliphatic rings. The Bertz CT molecular complexity index is 214. The fraction of sp³-hybridized carbons (Fsp3) is 0.900. The summed E-state index contributed by atoms with van der Waals surface area (Å²) in [7, 11) is 0. The van der Waals surface area contributed by atoms with Crippen LogP contribution < -0.4 is 10.6 Å². The second kappa shape index (κ2) is 4.28. The normalized spacial score (nSPS) is 37.4. The highest BCUT2D eigenvalue weighted by molar-refractivity contribution is 5.79. The third-order valence-electron chi connectivity index (χ3n) is 3.13. The van der Waals surface area contributed by atoms with Crippen molar-refractivity contribution in [2.45, 2.75) is 19.4 Å². The van der Waals surface area contributed by atoms with Gasteiger partial charge in [0.2, 0.25) is 5.91 Å². The number of hydrogen-bond acceptors (Lipinski definition) is 3. The number of amides is 1. The van der Waals surface area contributed by atoms with E-state index in [1.54, 1.807) is 0 Å². The molecule has 0 spiro atoms. The van der Waals surface area contributed by atoms with Crippen LogP contribution in [0.5, 0.6) is 0 Å². The first-order chi connectivity index (χ1) is 6.77. The Morgan fingerprint density at radius 3 is 2.93 bits per heavy atom. The van der Waals surface area contributed by atoms with Crippen LogP contribution in [0, 0.1) is 11.8 Å². The molecule has 0 aromatic carbocycles. The second-order valence-electron chi connectivity index (χ2n) is 4.31. The standard InChI is InChI=1S/C10H18N2O2/c1-7-4-11-5-9(7)10(13)12-8-2-3-14-6-8/h7-9,11H,2-6H2,1H3,(H,12,13)/t7-,8?,9-/m1/s1. The van der Waals surface area contributed by atoms with Crippen LogP contribution >= 0.6 is 0 Å². The maximum absolute atomic E-state index is 11.8. The highest BCUT2D eigenvalue weighted by atomic mass is 16.5. The SMILES string of the molecule is C[C@@H]1CNC[C@H]1C(=O)NC1CCOC1. The summed E-state index contributed by atoms with van der Waals surface area (Å²) in [5.74, 6) is 0.797. The zero-order valence-electron chi connectivity index (χ0n) is 8.58. The van der Waals surface area contributed by atoms with Gasteiger partial charge in [0.15, 0.2) is 0 Å². The summed E-state index contributed by atoms with van der Waals surface area (Å²) in [6, 6.07) is 0.246. The van der Waals surface area contributed by atoms with Crippen LogP contribution in [-0.2, 0) is 9.53 Å². The number of rotatable bonds is 2. The van der Waals surface area contributed by atoms with E-state index in [2.05, 4.69) is 17.6 Å². The van der Waals surface area contributed by atoms with E-state index in [1.807, 2.05) is 0 Å². The van der Waals surface area contributed by atoms with Gasteiger partial charge in [0.1, 0.15) is 0 Å². The molecule has 2 saturated heterocycles. The summed E-state index contributed by atoms with van der Waals surface area (Å²) in [4.78, 5) is 11.8. The lowest BCUT2D eigenvalue weighted by molar-refractivity contribution is -0.126. The molecule has 0 bridgehead atoms. The van der Waals surface area contributed by atoms with Crippen molar-refractivity contribution in [1.29, 1.82) is 0 Å². The van der Waals surface area contributed by atoms with Crippen molar-refractivity contribution < 1.29 is 9.53 Å². The van der Waals surface area contributed by atoms with Crippen LogP contribution in [0.15, 0.2) is 0 Å². The number of nitrogens with one attached hydrogen (secondary N) is 2. The van der Waals surface area contributed by atoms with Crippen molar-refractivity contribution in [3.63, 3.8) is 0 Å². The van der Waals surface area contributed by atoms with Crippen molar-refractivity contribution in [3.05, 3.63) is 0 Å². The molecule has 4 heteroatoms. The van der Waals surface area contributed by atoms with Crippen LogP contribution in [0.25, 0.3) is 0 Å². The Balaban J connectivity index is 1.82. The zero-order valence-corrected chi connectivity index (χ0v) is 8.58. The molecule has 0 radical (unpaired) electrons. The Morgan fingerprint density at radius 2 is 2.36 bits per heavy atom. The van der Waals surface area contributed by atoms with E-state index >= 15 is 0 Å². The van der Waals surface area contributed by atoms with E-state index in [-0.39, 0.29) is 17.9 Å². The van der Waals surface area contributed by atoms with Crippen molar-refractivity contribution in [3.8, 4) is 0 Å². The number of carbonyl (C=O) groups is 1. The molecular formula is C10H18N2O2. The summed E-state index contributed by atoms with van der Waals surface area (Å²) >= 11 is 0. The Hall–Kier alpha value is -0.610. The fourth-order valence-corrected chi connectivity index (χ4v) is 2.12. The van der Waals surface area contributed by atoms with Gasteiger partial charge in [0.05, 0.1) is 18.6 Å². The predicted octanol–water partition coefficient (Wildman–Crippen LogP) is -0.253. The molecule has 2 N–H and O–H groups in total. The third-order valence-corrected chi connectivity index (χ3v) is 3.13. The number of ether oxygens (including phenoxy) is 1. The molecule has 2 rings (SSSR count). The van der Waals surface area contributed by atoms with Gasteiger partial charge in [-0.1, -0.05) is 6.92 Å². The van der Waals surface area contributed by atoms with Crippen molar-refractivity contribution in [2.75, 3.05) is 26.3 Å². The third kappa shape index (κ3) is 2.07. The summed E-state index contributed by atoms with van der Waals surface area (Å²) in [6.07, 6.45) is 0.959. The minimum absolute atomic E-state index is 0.149. The van der Waals surface area contributed by atoms with Crippen LogP contribution in [0.4, 0.5) is 0 Å². The lowest BCUT2D eigenvalue weighted by Gasteiger charge is -2.17. The minimum Gasteiger partial charge on any atom is -0.379 e. The van der Waals surface area contributed by atoms with E-state index in [1.165, 1.54) is 0 Å². The summed E-state index contributed by atoms with van der Waals surface area (Å²) in [6.45, 7) is 5.36. The Morgan fingerprint density at radius 1 is 1.50 bits per heavy atom. The minimum atomic E-state index is 0.149. The maximum atomic E-state index is 11.8. The van der Waals surface area contributed by atoms with Crippen molar-refractivity contribution in [2.24, 2.45) is 11.8 Å². The van der Waals surface area contributed by atoms with Gasteiger partial charge in [0.25, 0.3) is 0 Å². The molecule has 3 atom stereocenters. The molecule has 2 heterocycles. The van der Waals surface area contributed by atoms with Crippen LogP contribution in [0.3, 0.4) is 0 Å². The molecule has 80 valence electrons. The molecular weight excluding hydrogens is 180 g/mol. The van der Waals surface area contributed by atoms with Gasteiger partial charge in [-0.3, -0.25) is 4.79 Å².